The van der Waals surface area contributed by atoms with Gasteiger partial charge >= 0.3 is 0 Å². The quantitative estimate of drug-likeness (QED) is 0.914. The minimum Gasteiger partial charge on any atom is -0.391 e. The molecule has 0 aliphatic carbocycles. The van der Waals surface area contributed by atoms with Crippen LogP contribution >= 0.6 is 0 Å². The van der Waals surface area contributed by atoms with E-state index in [9.17, 15) is 8.42 Å². The smallest absolute Gasteiger partial charge is 0.240 e. The van der Waals surface area contributed by atoms with Gasteiger partial charge in [0.25, 0.3) is 0 Å². The maximum Gasteiger partial charge on any atom is 0.240 e. The Hall–Kier alpha value is -1.40. The van der Waals surface area contributed by atoms with Gasteiger partial charge in [-0.25, -0.2) is 13.1 Å². The molecule has 0 aromatic heterocycles. The monoisotopic (exact) mass is 282 g/mol. The maximum absolute atomic E-state index is 12.2. The molecule has 1 aromatic carbocycles. The maximum atomic E-state index is 12.2. The largest absolute Gasteiger partial charge is 0.391 e. The van der Waals surface area contributed by atoms with Crippen LogP contribution < -0.4 is 4.72 Å². The van der Waals surface area contributed by atoms with E-state index in [0.717, 1.165) is 16.8 Å². The molecule has 1 unspecified atom stereocenters. The summed E-state index contributed by atoms with van der Waals surface area (Å²) in [5.41, 5.74) is 2.67. The van der Waals surface area contributed by atoms with Crippen molar-refractivity contribution in [3.8, 4) is 0 Å². The first-order chi connectivity index (χ1) is 8.88. The van der Waals surface area contributed by atoms with Crippen LogP contribution in [-0.2, 0) is 14.9 Å². The molecule has 0 amide bonds. The van der Waals surface area contributed by atoms with Crippen molar-refractivity contribution in [3.63, 3.8) is 0 Å². The first-order valence-electron chi connectivity index (χ1n) is 6.15. The fourth-order valence-electron chi connectivity index (χ4n) is 2.06. The third-order valence-electron chi connectivity index (χ3n) is 3.00. The van der Waals surface area contributed by atoms with Crippen LogP contribution in [0, 0.1) is 13.8 Å². The van der Waals surface area contributed by atoms with Gasteiger partial charge in [0.05, 0.1) is 17.2 Å². The van der Waals surface area contributed by atoms with Gasteiger partial charge in [-0.1, -0.05) is 22.9 Å². The summed E-state index contributed by atoms with van der Waals surface area (Å²) >= 11 is 0. The van der Waals surface area contributed by atoms with Gasteiger partial charge in [0.1, 0.15) is 6.10 Å². The molecule has 1 heterocycles. The van der Waals surface area contributed by atoms with Crippen molar-refractivity contribution in [1.82, 2.24) is 4.72 Å². The summed E-state index contributed by atoms with van der Waals surface area (Å²) in [7, 11) is -3.49. The van der Waals surface area contributed by atoms with E-state index in [2.05, 4.69) is 9.88 Å². The van der Waals surface area contributed by atoms with Gasteiger partial charge in [0.15, 0.2) is 0 Å². The lowest BCUT2D eigenvalue weighted by atomic mass is 10.2. The Kier molecular flexibility index (Phi) is 3.91. The van der Waals surface area contributed by atoms with Gasteiger partial charge in [-0.15, -0.1) is 0 Å². The van der Waals surface area contributed by atoms with Crippen LogP contribution in [0.4, 0.5) is 0 Å². The summed E-state index contributed by atoms with van der Waals surface area (Å²) in [6.45, 7) is 5.82. The summed E-state index contributed by atoms with van der Waals surface area (Å²) < 4.78 is 27.0. The first-order valence-corrected chi connectivity index (χ1v) is 7.63. The Bertz CT molecular complexity index is 608. The molecule has 2 rings (SSSR count). The normalized spacial score (nSPS) is 19.1. The van der Waals surface area contributed by atoms with Crippen LogP contribution in [0.3, 0.4) is 0 Å². The lowest BCUT2D eigenvalue weighted by Gasteiger charge is -2.12. The zero-order valence-electron chi connectivity index (χ0n) is 11.3. The van der Waals surface area contributed by atoms with Crippen LogP contribution in [0.25, 0.3) is 0 Å². The Morgan fingerprint density at radius 1 is 1.37 bits per heavy atom. The molecule has 6 heteroatoms. The Morgan fingerprint density at radius 3 is 2.68 bits per heavy atom. The predicted molar refractivity (Wildman–Crippen MR) is 73.7 cm³/mol. The summed E-state index contributed by atoms with van der Waals surface area (Å²) in [6.07, 6.45) is 0.454. The summed E-state index contributed by atoms with van der Waals surface area (Å²) in [4.78, 5) is 5.42. The number of hydrogen-bond acceptors (Lipinski definition) is 4. The van der Waals surface area contributed by atoms with E-state index in [1.54, 1.807) is 19.1 Å². The highest BCUT2D eigenvalue weighted by Crippen LogP contribution is 2.17. The molecule has 1 aliphatic rings. The number of aryl methyl sites for hydroxylation is 2. The van der Waals surface area contributed by atoms with Crippen molar-refractivity contribution >= 4 is 15.7 Å². The molecule has 104 valence electrons. The van der Waals surface area contributed by atoms with Crippen molar-refractivity contribution in [2.75, 3.05) is 6.54 Å². The minimum atomic E-state index is -3.49. The number of benzene rings is 1. The molecule has 1 atom stereocenters. The number of nitrogens with one attached hydrogen (secondary N) is 1. The summed E-state index contributed by atoms with van der Waals surface area (Å²) in [5.74, 6) is 0. The van der Waals surface area contributed by atoms with Gasteiger partial charge in [0.2, 0.25) is 10.0 Å². The number of oxime groups is 1. The minimum absolute atomic E-state index is 0.208. The van der Waals surface area contributed by atoms with Crippen molar-refractivity contribution in [1.29, 1.82) is 0 Å². The van der Waals surface area contributed by atoms with Gasteiger partial charge < -0.3 is 4.84 Å². The van der Waals surface area contributed by atoms with E-state index in [4.69, 9.17) is 4.84 Å². The van der Waals surface area contributed by atoms with Crippen molar-refractivity contribution in [2.45, 2.75) is 38.2 Å². The van der Waals surface area contributed by atoms with E-state index in [1.165, 1.54) is 0 Å². The first kappa shape index (κ1) is 14.0. The number of sulfonamides is 1. The molecular formula is C13H18N2O3S. The average molecular weight is 282 g/mol. The van der Waals surface area contributed by atoms with Crippen LogP contribution in [0.1, 0.15) is 24.5 Å². The molecule has 0 spiro atoms. The highest BCUT2D eigenvalue weighted by molar-refractivity contribution is 7.89. The SMILES string of the molecule is CC1=NOC(CNS(=O)(=O)c2ccc(C)cc2C)C1. The van der Waals surface area contributed by atoms with E-state index < -0.39 is 10.0 Å². The topological polar surface area (TPSA) is 67.8 Å². The molecule has 0 radical (unpaired) electrons. The van der Waals surface area contributed by atoms with E-state index >= 15 is 0 Å². The molecule has 1 aromatic rings. The van der Waals surface area contributed by atoms with Gasteiger partial charge in [-0.2, -0.15) is 0 Å². The van der Waals surface area contributed by atoms with Crippen LogP contribution in [0.5, 0.6) is 0 Å². The Balaban J connectivity index is 2.06. The van der Waals surface area contributed by atoms with E-state index in [0.29, 0.717) is 11.3 Å². The molecule has 1 N–H and O–H groups in total. The van der Waals surface area contributed by atoms with Crippen molar-refractivity contribution in [3.05, 3.63) is 29.3 Å². The Morgan fingerprint density at radius 2 is 2.11 bits per heavy atom. The molecular weight excluding hydrogens is 264 g/mol. The molecule has 0 fully saturated rings. The highest BCUT2D eigenvalue weighted by Gasteiger charge is 2.22. The third-order valence-corrected chi connectivity index (χ3v) is 4.59. The second-order valence-electron chi connectivity index (χ2n) is 4.88. The second kappa shape index (κ2) is 5.30. The lowest BCUT2D eigenvalue weighted by Crippen LogP contribution is -2.32. The summed E-state index contributed by atoms with van der Waals surface area (Å²) in [6, 6.07) is 5.28. The van der Waals surface area contributed by atoms with Crippen molar-refractivity contribution < 1.29 is 13.3 Å². The van der Waals surface area contributed by atoms with Gasteiger partial charge in [-0.3, -0.25) is 0 Å². The molecule has 1 aliphatic heterocycles. The number of hydrogen-bond donors (Lipinski definition) is 1. The van der Waals surface area contributed by atoms with Gasteiger partial charge in [-0.05, 0) is 32.4 Å². The van der Waals surface area contributed by atoms with E-state index in [1.807, 2.05) is 19.9 Å². The van der Waals surface area contributed by atoms with Gasteiger partial charge in [0, 0.05) is 6.42 Å². The predicted octanol–water partition coefficient (Wildman–Crippen LogP) is 1.75. The van der Waals surface area contributed by atoms with Crippen molar-refractivity contribution in [2.24, 2.45) is 5.16 Å². The summed E-state index contributed by atoms with van der Waals surface area (Å²) in [5, 5.41) is 3.80. The van der Waals surface area contributed by atoms with E-state index in [-0.39, 0.29) is 12.6 Å². The highest BCUT2D eigenvalue weighted by atomic mass is 32.2. The average Bonchev–Trinajstić information content (AvgIpc) is 2.72. The zero-order valence-corrected chi connectivity index (χ0v) is 12.1. The molecule has 5 nitrogen and oxygen atoms in total. The number of rotatable bonds is 4. The fourth-order valence-corrected chi connectivity index (χ4v) is 3.35. The molecule has 0 saturated heterocycles. The Labute approximate surface area is 113 Å². The molecule has 19 heavy (non-hydrogen) atoms. The number of nitrogens with zero attached hydrogens (tertiary/aromatic N) is 1. The standard InChI is InChI=1S/C13H18N2O3S/c1-9-4-5-13(10(2)6-9)19(16,17)14-8-12-7-11(3)15-18-12/h4-6,12,14H,7-8H2,1-3H3. The molecule has 0 saturated carbocycles. The third kappa shape index (κ3) is 3.33. The van der Waals surface area contributed by atoms with Crippen LogP contribution in [-0.4, -0.2) is 26.8 Å². The fraction of sp³-hybridized carbons (Fsp3) is 0.462. The van der Waals surface area contributed by atoms with Crippen LogP contribution in [0.15, 0.2) is 28.3 Å². The lowest BCUT2D eigenvalue weighted by molar-refractivity contribution is 0.0891. The second-order valence-corrected chi connectivity index (χ2v) is 6.61. The molecule has 0 bridgehead atoms. The van der Waals surface area contributed by atoms with Crippen LogP contribution in [0.2, 0.25) is 0 Å². The zero-order chi connectivity index (χ0) is 14.0.